The molecule has 0 unspecified atom stereocenters. The summed E-state index contributed by atoms with van der Waals surface area (Å²) in [7, 11) is 1.60. The fraction of sp³-hybridized carbons (Fsp3) is 0.444. The van der Waals surface area contributed by atoms with Crippen LogP contribution in [0.3, 0.4) is 0 Å². The molecular weight excluding hydrogens is 152 g/mol. The normalized spacial score (nSPS) is 18.3. The Bertz CT molecular complexity index is 231. The highest BCUT2D eigenvalue weighted by atomic mass is 16.2. The van der Waals surface area contributed by atoms with E-state index in [4.69, 9.17) is 5.73 Å². The first kappa shape index (κ1) is 9.00. The Morgan fingerprint density at radius 3 is 2.92 bits per heavy atom. The summed E-state index contributed by atoms with van der Waals surface area (Å²) in [5, 5.41) is 2.53. The van der Waals surface area contributed by atoms with Gasteiger partial charge in [-0.25, -0.2) is 0 Å². The number of hydrogen-bond donors (Lipinski definition) is 2. The molecule has 0 aromatic heterocycles. The van der Waals surface area contributed by atoms with Crippen molar-refractivity contribution in [2.45, 2.75) is 18.9 Å². The zero-order chi connectivity index (χ0) is 8.97. The minimum absolute atomic E-state index is 0.114. The average Bonchev–Trinajstić information content (AvgIpc) is 2.17. The van der Waals surface area contributed by atoms with Gasteiger partial charge in [-0.1, -0.05) is 18.2 Å². The van der Waals surface area contributed by atoms with E-state index in [9.17, 15) is 4.79 Å². The van der Waals surface area contributed by atoms with Crippen molar-refractivity contribution in [3.8, 4) is 0 Å². The maximum atomic E-state index is 11.1. The monoisotopic (exact) mass is 166 g/mol. The molecular formula is C9H14N2O. The van der Waals surface area contributed by atoms with Crippen molar-refractivity contribution >= 4 is 5.91 Å². The van der Waals surface area contributed by atoms with E-state index in [1.807, 2.05) is 12.2 Å². The highest BCUT2D eigenvalue weighted by Gasteiger charge is 2.16. The van der Waals surface area contributed by atoms with Gasteiger partial charge >= 0.3 is 0 Å². The largest absolute Gasteiger partial charge is 0.358 e. The Kier molecular flexibility index (Phi) is 3.05. The summed E-state index contributed by atoms with van der Waals surface area (Å²) in [6.45, 7) is 0. The number of rotatable bonds is 2. The van der Waals surface area contributed by atoms with Crippen LogP contribution in [0.5, 0.6) is 0 Å². The molecule has 1 aliphatic rings. The van der Waals surface area contributed by atoms with Gasteiger partial charge in [0.1, 0.15) is 6.04 Å². The van der Waals surface area contributed by atoms with Crippen LogP contribution in [0, 0.1) is 0 Å². The molecule has 0 saturated carbocycles. The lowest BCUT2D eigenvalue weighted by atomic mass is 9.99. The van der Waals surface area contributed by atoms with Crippen LogP contribution >= 0.6 is 0 Å². The van der Waals surface area contributed by atoms with Crippen LogP contribution in [-0.2, 0) is 4.79 Å². The lowest BCUT2D eigenvalue weighted by Crippen LogP contribution is -2.40. The van der Waals surface area contributed by atoms with Crippen LogP contribution in [0.1, 0.15) is 12.8 Å². The maximum Gasteiger partial charge on any atom is 0.240 e. The number of likely N-dealkylation sites (N-methyl/N-ethyl adjacent to an activating group) is 1. The van der Waals surface area contributed by atoms with Crippen LogP contribution < -0.4 is 11.1 Å². The van der Waals surface area contributed by atoms with Crippen molar-refractivity contribution < 1.29 is 4.79 Å². The number of nitrogens with one attached hydrogen (secondary N) is 1. The summed E-state index contributed by atoms with van der Waals surface area (Å²) in [5.41, 5.74) is 6.70. The Morgan fingerprint density at radius 2 is 2.42 bits per heavy atom. The molecule has 1 aliphatic carbocycles. The van der Waals surface area contributed by atoms with Crippen LogP contribution in [0.15, 0.2) is 23.8 Å². The molecule has 0 aliphatic heterocycles. The van der Waals surface area contributed by atoms with E-state index in [0.29, 0.717) is 0 Å². The lowest BCUT2D eigenvalue weighted by molar-refractivity contribution is -0.121. The van der Waals surface area contributed by atoms with E-state index in [1.54, 1.807) is 7.05 Å². The van der Waals surface area contributed by atoms with E-state index < -0.39 is 6.04 Å². The molecule has 3 N–H and O–H groups in total. The molecule has 0 heterocycles. The van der Waals surface area contributed by atoms with Crippen LogP contribution in [0.25, 0.3) is 0 Å². The highest BCUT2D eigenvalue weighted by molar-refractivity contribution is 5.84. The Hall–Kier alpha value is -1.09. The molecule has 3 nitrogen and oxygen atoms in total. The molecule has 1 rings (SSSR count). The number of carbonyl (C=O) groups excluding carboxylic acids is 1. The third-order valence-electron chi connectivity index (χ3n) is 1.96. The number of carbonyl (C=O) groups is 1. The lowest BCUT2D eigenvalue weighted by Gasteiger charge is -2.14. The summed E-state index contributed by atoms with van der Waals surface area (Å²) < 4.78 is 0. The predicted octanol–water partition coefficient (Wildman–Crippen LogP) is 0.336. The number of nitrogens with two attached hydrogens (primary N) is 1. The standard InChI is InChI=1S/C9H14N2O/c1-11-9(12)8(10)7-5-3-2-4-6-7/h2-3,6,8H,4-5,10H2,1H3,(H,11,12)/t8-/m1/s1. The van der Waals surface area contributed by atoms with Crippen LogP contribution in [0.2, 0.25) is 0 Å². The summed E-state index contributed by atoms with van der Waals surface area (Å²) in [6.07, 6.45) is 7.81. The average molecular weight is 166 g/mol. The smallest absolute Gasteiger partial charge is 0.240 e. The molecule has 0 spiro atoms. The van der Waals surface area contributed by atoms with Gasteiger partial charge in [0, 0.05) is 7.05 Å². The Labute approximate surface area is 72.3 Å². The molecule has 0 bridgehead atoms. The zero-order valence-corrected chi connectivity index (χ0v) is 7.21. The van der Waals surface area contributed by atoms with Gasteiger partial charge in [-0.2, -0.15) is 0 Å². The van der Waals surface area contributed by atoms with Crippen molar-refractivity contribution in [3.05, 3.63) is 23.8 Å². The molecule has 1 amide bonds. The molecule has 0 aromatic carbocycles. The van der Waals surface area contributed by atoms with E-state index in [-0.39, 0.29) is 5.91 Å². The molecule has 1 atom stereocenters. The quantitative estimate of drug-likeness (QED) is 0.581. The zero-order valence-electron chi connectivity index (χ0n) is 7.21. The number of amides is 1. The third kappa shape index (κ3) is 1.95. The first-order chi connectivity index (χ1) is 5.75. The van der Waals surface area contributed by atoms with Gasteiger partial charge in [-0.15, -0.1) is 0 Å². The van der Waals surface area contributed by atoms with Crippen LogP contribution in [-0.4, -0.2) is 19.0 Å². The molecule has 3 heteroatoms. The molecule has 0 radical (unpaired) electrons. The van der Waals surface area contributed by atoms with Gasteiger partial charge in [0.05, 0.1) is 0 Å². The number of hydrogen-bond acceptors (Lipinski definition) is 2. The summed E-state index contributed by atoms with van der Waals surface area (Å²) >= 11 is 0. The van der Waals surface area contributed by atoms with E-state index in [2.05, 4.69) is 11.4 Å². The Balaban J connectivity index is 2.57. The Morgan fingerprint density at radius 1 is 1.67 bits per heavy atom. The molecule has 66 valence electrons. The van der Waals surface area contributed by atoms with Crippen molar-refractivity contribution in [2.24, 2.45) is 5.73 Å². The van der Waals surface area contributed by atoms with Gasteiger partial charge in [0.25, 0.3) is 0 Å². The topological polar surface area (TPSA) is 55.1 Å². The first-order valence-corrected chi connectivity index (χ1v) is 4.07. The SMILES string of the molecule is CNC(=O)[C@H](N)C1=CCC=CC1. The van der Waals surface area contributed by atoms with Gasteiger partial charge in [-0.05, 0) is 18.4 Å². The fourth-order valence-corrected chi connectivity index (χ4v) is 1.20. The molecule has 0 saturated heterocycles. The van der Waals surface area contributed by atoms with Gasteiger partial charge < -0.3 is 11.1 Å². The van der Waals surface area contributed by atoms with Gasteiger partial charge in [0.2, 0.25) is 5.91 Å². The number of allylic oxidation sites excluding steroid dienone is 3. The highest BCUT2D eigenvalue weighted by Crippen LogP contribution is 2.13. The fourth-order valence-electron chi connectivity index (χ4n) is 1.20. The van der Waals surface area contributed by atoms with E-state index in [1.165, 1.54) is 0 Å². The van der Waals surface area contributed by atoms with Gasteiger partial charge in [0.15, 0.2) is 0 Å². The first-order valence-electron chi connectivity index (χ1n) is 4.07. The second-order valence-corrected chi connectivity index (χ2v) is 2.78. The van der Waals surface area contributed by atoms with Gasteiger partial charge in [-0.3, -0.25) is 4.79 Å². The summed E-state index contributed by atoms with van der Waals surface area (Å²) in [4.78, 5) is 11.1. The van der Waals surface area contributed by atoms with Crippen molar-refractivity contribution in [1.82, 2.24) is 5.32 Å². The van der Waals surface area contributed by atoms with Crippen molar-refractivity contribution in [2.75, 3.05) is 7.05 Å². The van der Waals surface area contributed by atoms with Crippen molar-refractivity contribution in [1.29, 1.82) is 0 Å². The summed E-state index contributed by atoms with van der Waals surface area (Å²) in [5.74, 6) is -0.114. The van der Waals surface area contributed by atoms with Crippen LogP contribution in [0.4, 0.5) is 0 Å². The van der Waals surface area contributed by atoms with E-state index in [0.717, 1.165) is 18.4 Å². The second kappa shape index (κ2) is 4.07. The molecule has 12 heavy (non-hydrogen) atoms. The summed E-state index contributed by atoms with van der Waals surface area (Å²) in [6, 6.07) is -0.472. The maximum absolute atomic E-state index is 11.1. The minimum atomic E-state index is -0.472. The third-order valence-corrected chi connectivity index (χ3v) is 1.96. The predicted molar refractivity (Wildman–Crippen MR) is 48.5 cm³/mol. The minimum Gasteiger partial charge on any atom is -0.358 e. The van der Waals surface area contributed by atoms with E-state index >= 15 is 0 Å². The second-order valence-electron chi connectivity index (χ2n) is 2.78. The molecule has 0 fully saturated rings. The molecule has 0 aromatic rings. The van der Waals surface area contributed by atoms with Crippen molar-refractivity contribution in [3.63, 3.8) is 0 Å².